The second-order valence-electron chi connectivity index (χ2n) is 7.55. The Morgan fingerprint density at radius 1 is 1.15 bits per heavy atom. The number of rotatable bonds is 4. The van der Waals surface area contributed by atoms with E-state index in [-0.39, 0.29) is 5.92 Å². The van der Waals surface area contributed by atoms with Crippen molar-refractivity contribution in [3.63, 3.8) is 0 Å². The second-order valence-corrected chi connectivity index (χ2v) is 7.55. The Balaban J connectivity index is 1.31. The number of benzene rings is 1. The van der Waals surface area contributed by atoms with Gasteiger partial charge in [-0.2, -0.15) is 4.98 Å². The molecule has 4 rings (SSSR count). The molecule has 2 saturated heterocycles. The number of aromatic nitrogens is 1. The number of nitrogens with one attached hydrogen (secondary N) is 1. The maximum absolute atomic E-state index is 12.9. The molecule has 0 aliphatic carbocycles. The van der Waals surface area contributed by atoms with Gasteiger partial charge in [0, 0.05) is 32.1 Å². The number of carbonyl (C=O) groups is 1. The summed E-state index contributed by atoms with van der Waals surface area (Å²) in [7, 11) is 2.00. The van der Waals surface area contributed by atoms with Crippen molar-refractivity contribution < 1.29 is 9.21 Å². The van der Waals surface area contributed by atoms with Crippen LogP contribution in [-0.4, -0.2) is 55.6 Å². The van der Waals surface area contributed by atoms with Gasteiger partial charge in [0.2, 0.25) is 5.91 Å². The highest BCUT2D eigenvalue weighted by Gasteiger charge is 2.31. The lowest BCUT2D eigenvalue weighted by atomic mass is 9.92. The van der Waals surface area contributed by atoms with E-state index in [1.54, 1.807) is 0 Å². The molecule has 0 spiro atoms. The molecular formula is C20H28N4O2. The maximum atomic E-state index is 12.9. The van der Waals surface area contributed by atoms with Gasteiger partial charge >= 0.3 is 0 Å². The van der Waals surface area contributed by atoms with E-state index >= 15 is 0 Å². The van der Waals surface area contributed by atoms with Crippen molar-refractivity contribution in [2.24, 2.45) is 11.8 Å². The first-order valence-corrected chi connectivity index (χ1v) is 9.78. The SMILES string of the molecule is CNCC1CCN(C(=O)C2CCN(c3nc4ccccc4o3)CC2)CC1. The predicted octanol–water partition coefficient (Wildman–Crippen LogP) is 2.50. The Morgan fingerprint density at radius 2 is 1.88 bits per heavy atom. The molecule has 140 valence electrons. The minimum Gasteiger partial charge on any atom is -0.423 e. The molecule has 2 aliphatic heterocycles. The molecule has 3 heterocycles. The van der Waals surface area contributed by atoms with Gasteiger partial charge in [-0.05, 0) is 57.3 Å². The van der Waals surface area contributed by atoms with Gasteiger partial charge in [0.25, 0.3) is 6.01 Å². The summed E-state index contributed by atoms with van der Waals surface area (Å²) >= 11 is 0. The van der Waals surface area contributed by atoms with Gasteiger partial charge in [0.1, 0.15) is 5.52 Å². The van der Waals surface area contributed by atoms with Crippen molar-refractivity contribution in [2.75, 3.05) is 44.7 Å². The molecule has 6 heteroatoms. The number of anilines is 1. The van der Waals surface area contributed by atoms with E-state index < -0.39 is 0 Å². The summed E-state index contributed by atoms with van der Waals surface area (Å²) in [5.74, 6) is 1.21. The number of amides is 1. The number of hydrogen-bond acceptors (Lipinski definition) is 5. The molecule has 1 amide bonds. The molecule has 6 nitrogen and oxygen atoms in total. The standard InChI is InChI=1S/C20H28N4O2/c1-21-14-15-6-10-23(11-7-15)19(25)16-8-12-24(13-9-16)20-22-17-4-2-3-5-18(17)26-20/h2-5,15-16,21H,6-14H2,1H3. The largest absolute Gasteiger partial charge is 0.423 e. The van der Waals surface area contributed by atoms with Crippen LogP contribution < -0.4 is 10.2 Å². The first-order chi connectivity index (χ1) is 12.7. The van der Waals surface area contributed by atoms with E-state index in [0.29, 0.717) is 17.8 Å². The zero-order chi connectivity index (χ0) is 17.9. The summed E-state index contributed by atoms with van der Waals surface area (Å²) in [5, 5.41) is 3.25. The summed E-state index contributed by atoms with van der Waals surface area (Å²) in [4.78, 5) is 21.7. The molecule has 2 aliphatic rings. The van der Waals surface area contributed by atoms with Crippen LogP contribution in [0.3, 0.4) is 0 Å². The van der Waals surface area contributed by atoms with E-state index in [0.717, 1.165) is 69.5 Å². The maximum Gasteiger partial charge on any atom is 0.298 e. The van der Waals surface area contributed by atoms with Gasteiger partial charge in [-0.1, -0.05) is 12.1 Å². The van der Waals surface area contributed by atoms with Crippen LogP contribution in [0.25, 0.3) is 11.1 Å². The molecule has 0 bridgehead atoms. The second kappa shape index (κ2) is 7.66. The minimum absolute atomic E-state index is 0.150. The molecular weight excluding hydrogens is 328 g/mol. The lowest BCUT2D eigenvalue weighted by Crippen LogP contribution is -2.46. The summed E-state index contributed by atoms with van der Waals surface area (Å²) in [6.45, 7) is 4.55. The minimum atomic E-state index is 0.150. The molecule has 2 fully saturated rings. The van der Waals surface area contributed by atoms with Gasteiger partial charge in [-0.3, -0.25) is 4.79 Å². The molecule has 0 unspecified atom stereocenters. The molecule has 1 aromatic carbocycles. The fourth-order valence-electron chi connectivity index (χ4n) is 4.22. The molecule has 0 saturated carbocycles. The first-order valence-electron chi connectivity index (χ1n) is 9.78. The number of piperidine rings is 2. The average molecular weight is 356 g/mol. The molecule has 1 aromatic heterocycles. The Bertz CT molecular complexity index is 710. The quantitative estimate of drug-likeness (QED) is 0.912. The van der Waals surface area contributed by atoms with Gasteiger partial charge < -0.3 is 19.5 Å². The lowest BCUT2D eigenvalue weighted by Gasteiger charge is -2.37. The fourth-order valence-corrected chi connectivity index (χ4v) is 4.22. The smallest absolute Gasteiger partial charge is 0.298 e. The number of hydrogen-bond donors (Lipinski definition) is 1. The number of likely N-dealkylation sites (tertiary alicyclic amines) is 1. The normalized spacial score (nSPS) is 20.0. The summed E-state index contributed by atoms with van der Waals surface area (Å²) in [6.07, 6.45) is 4.00. The Morgan fingerprint density at radius 3 is 2.58 bits per heavy atom. The van der Waals surface area contributed by atoms with E-state index in [1.165, 1.54) is 0 Å². The monoisotopic (exact) mass is 356 g/mol. The molecule has 0 radical (unpaired) electrons. The molecule has 0 atom stereocenters. The highest BCUT2D eigenvalue weighted by Crippen LogP contribution is 2.28. The average Bonchev–Trinajstić information content (AvgIpc) is 3.13. The summed E-state index contributed by atoms with van der Waals surface area (Å²) in [6, 6.07) is 8.53. The summed E-state index contributed by atoms with van der Waals surface area (Å²) in [5.41, 5.74) is 1.72. The number of oxazole rings is 1. The highest BCUT2D eigenvalue weighted by molar-refractivity contribution is 5.79. The zero-order valence-electron chi connectivity index (χ0n) is 15.5. The molecule has 2 aromatic rings. The van der Waals surface area contributed by atoms with E-state index in [9.17, 15) is 4.79 Å². The topological polar surface area (TPSA) is 61.6 Å². The van der Waals surface area contributed by atoms with Gasteiger partial charge in [0.15, 0.2) is 5.58 Å². The van der Waals surface area contributed by atoms with E-state index in [4.69, 9.17) is 4.42 Å². The Labute approximate surface area is 154 Å². The number of nitrogens with zero attached hydrogens (tertiary/aromatic N) is 3. The highest BCUT2D eigenvalue weighted by atomic mass is 16.4. The Hall–Kier alpha value is -2.08. The van der Waals surface area contributed by atoms with Gasteiger partial charge in [-0.15, -0.1) is 0 Å². The van der Waals surface area contributed by atoms with Crippen LogP contribution in [-0.2, 0) is 4.79 Å². The van der Waals surface area contributed by atoms with E-state index in [2.05, 4.69) is 20.1 Å². The number of carbonyl (C=O) groups excluding carboxylic acids is 1. The zero-order valence-corrected chi connectivity index (χ0v) is 15.5. The van der Waals surface area contributed by atoms with Crippen LogP contribution in [0, 0.1) is 11.8 Å². The third-order valence-corrected chi connectivity index (χ3v) is 5.82. The van der Waals surface area contributed by atoms with Crippen LogP contribution in [0.5, 0.6) is 0 Å². The molecule has 1 N–H and O–H groups in total. The fraction of sp³-hybridized carbons (Fsp3) is 0.600. The van der Waals surface area contributed by atoms with Gasteiger partial charge in [-0.25, -0.2) is 0 Å². The Kier molecular flexibility index (Phi) is 5.11. The number of para-hydroxylation sites is 2. The van der Waals surface area contributed by atoms with Crippen LogP contribution >= 0.6 is 0 Å². The molecule has 26 heavy (non-hydrogen) atoms. The van der Waals surface area contributed by atoms with Crippen molar-refractivity contribution in [1.82, 2.24) is 15.2 Å². The van der Waals surface area contributed by atoms with Crippen molar-refractivity contribution in [3.8, 4) is 0 Å². The van der Waals surface area contributed by atoms with Crippen molar-refractivity contribution in [3.05, 3.63) is 24.3 Å². The van der Waals surface area contributed by atoms with Crippen LogP contribution in [0.1, 0.15) is 25.7 Å². The first kappa shape index (κ1) is 17.3. The number of fused-ring (bicyclic) bond motifs is 1. The van der Waals surface area contributed by atoms with Crippen molar-refractivity contribution in [2.45, 2.75) is 25.7 Å². The summed E-state index contributed by atoms with van der Waals surface area (Å²) < 4.78 is 5.87. The third-order valence-electron chi connectivity index (χ3n) is 5.82. The van der Waals surface area contributed by atoms with Crippen molar-refractivity contribution >= 4 is 23.0 Å². The van der Waals surface area contributed by atoms with Crippen LogP contribution in [0.4, 0.5) is 6.01 Å². The van der Waals surface area contributed by atoms with Crippen LogP contribution in [0.2, 0.25) is 0 Å². The van der Waals surface area contributed by atoms with Crippen LogP contribution in [0.15, 0.2) is 28.7 Å². The van der Waals surface area contributed by atoms with Gasteiger partial charge in [0.05, 0.1) is 0 Å². The lowest BCUT2D eigenvalue weighted by molar-refractivity contribution is -0.137. The predicted molar refractivity (Wildman–Crippen MR) is 102 cm³/mol. The third kappa shape index (κ3) is 3.56. The van der Waals surface area contributed by atoms with Crippen molar-refractivity contribution in [1.29, 1.82) is 0 Å². The van der Waals surface area contributed by atoms with E-state index in [1.807, 2.05) is 31.3 Å².